The molecule has 1 aliphatic rings. The molecule has 2 N–H and O–H groups in total. The highest BCUT2D eigenvalue weighted by Gasteiger charge is 2.30. The van der Waals surface area contributed by atoms with E-state index in [1.807, 2.05) is 18.8 Å². The molecule has 2 heterocycles. The molecular weight excluding hydrogens is 384 g/mol. The van der Waals surface area contributed by atoms with Crippen molar-refractivity contribution in [3.63, 3.8) is 0 Å². The van der Waals surface area contributed by atoms with Crippen LogP contribution in [0.25, 0.3) is 5.69 Å². The first kappa shape index (κ1) is 19.9. The van der Waals surface area contributed by atoms with E-state index in [2.05, 4.69) is 82.1 Å². The van der Waals surface area contributed by atoms with Crippen LogP contribution in [-0.4, -0.2) is 52.7 Å². The van der Waals surface area contributed by atoms with E-state index < -0.39 is 0 Å². The van der Waals surface area contributed by atoms with Gasteiger partial charge in [-0.25, -0.2) is 0 Å². The van der Waals surface area contributed by atoms with Gasteiger partial charge in [-0.2, -0.15) is 4.68 Å². The van der Waals surface area contributed by atoms with Crippen molar-refractivity contribution in [2.45, 2.75) is 31.3 Å². The van der Waals surface area contributed by atoms with Crippen molar-refractivity contribution in [2.24, 2.45) is 0 Å². The number of rotatable bonds is 6. The molecule has 1 aromatic heterocycles. The third-order valence-corrected chi connectivity index (χ3v) is 6.23. The molecule has 0 aliphatic carbocycles. The van der Waals surface area contributed by atoms with Gasteiger partial charge >= 0.3 is 0 Å². The van der Waals surface area contributed by atoms with Gasteiger partial charge in [0.25, 0.3) is 0 Å². The van der Waals surface area contributed by atoms with E-state index >= 15 is 0 Å². The number of hydrogen-bond donors (Lipinski definition) is 1. The van der Waals surface area contributed by atoms with E-state index in [9.17, 15) is 0 Å². The van der Waals surface area contributed by atoms with E-state index in [0.29, 0.717) is 0 Å². The summed E-state index contributed by atoms with van der Waals surface area (Å²) in [7, 11) is 4.10. The van der Waals surface area contributed by atoms with Crippen LogP contribution in [-0.2, 0) is 4.74 Å². The number of ether oxygens (including phenoxy) is 1. The molecule has 0 bridgehead atoms. The Morgan fingerprint density at radius 3 is 2.55 bits per heavy atom. The molecule has 1 aliphatic heterocycles. The molecule has 8 heteroatoms. The number of hydrogen-bond acceptors (Lipinski definition) is 6. The largest absolute Gasteiger partial charge is 0.378 e. The lowest BCUT2D eigenvalue weighted by Crippen LogP contribution is -2.82. The predicted molar refractivity (Wildman–Crippen MR) is 115 cm³/mol. The predicted octanol–water partition coefficient (Wildman–Crippen LogP) is 2.10. The number of quaternary nitrogens is 1. The molecular formula is C21H27N6OS+. The molecule has 2 aromatic carbocycles. The molecule has 3 aromatic rings. The van der Waals surface area contributed by atoms with Gasteiger partial charge in [-0.3, -0.25) is 0 Å². The summed E-state index contributed by atoms with van der Waals surface area (Å²) < 4.78 is 8.11. The third-order valence-electron chi connectivity index (χ3n) is 5.18. The van der Waals surface area contributed by atoms with E-state index in [0.717, 1.165) is 34.3 Å². The lowest BCUT2D eigenvalue weighted by Gasteiger charge is -2.14. The van der Waals surface area contributed by atoms with Crippen molar-refractivity contribution in [3.8, 4) is 5.69 Å². The molecule has 2 atom stereocenters. The van der Waals surface area contributed by atoms with Crippen LogP contribution in [0.5, 0.6) is 0 Å². The molecule has 0 unspecified atom stereocenters. The van der Waals surface area contributed by atoms with E-state index in [-0.39, 0.29) is 12.3 Å². The van der Waals surface area contributed by atoms with Crippen LogP contribution in [0.4, 0.5) is 5.69 Å². The number of nitrogens with zero attached hydrogens (tertiary/aromatic N) is 5. The van der Waals surface area contributed by atoms with Crippen LogP contribution in [0.3, 0.4) is 0 Å². The summed E-state index contributed by atoms with van der Waals surface area (Å²) in [6.07, 6.45) is 0.202. The van der Waals surface area contributed by atoms with Crippen molar-refractivity contribution < 1.29 is 10.1 Å². The lowest BCUT2D eigenvalue weighted by atomic mass is 10.1. The fourth-order valence-electron chi connectivity index (χ4n) is 3.59. The second-order valence-electron chi connectivity index (χ2n) is 7.56. The zero-order chi connectivity index (χ0) is 20.4. The maximum absolute atomic E-state index is 6.27. The Kier molecular flexibility index (Phi) is 5.84. The Labute approximate surface area is 175 Å². The molecule has 0 saturated carbocycles. The number of para-hydroxylation sites is 1. The van der Waals surface area contributed by atoms with Crippen molar-refractivity contribution in [2.75, 3.05) is 31.3 Å². The highest BCUT2D eigenvalue weighted by molar-refractivity contribution is 7.99. The number of nitrogens with two attached hydrogens (primary N) is 1. The maximum atomic E-state index is 6.27. The minimum atomic E-state index is 0.0476. The summed E-state index contributed by atoms with van der Waals surface area (Å²) >= 11 is 1.64. The fourth-order valence-corrected chi connectivity index (χ4v) is 4.49. The summed E-state index contributed by atoms with van der Waals surface area (Å²) in [6, 6.07) is 14.8. The van der Waals surface area contributed by atoms with Crippen molar-refractivity contribution in [3.05, 3.63) is 59.2 Å². The monoisotopic (exact) mass is 411 g/mol. The fraction of sp³-hybridized carbons (Fsp3) is 0.381. The summed E-state index contributed by atoms with van der Waals surface area (Å²) in [4.78, 5) is 2.10. The van der Waals surface area contributed by atoms with Gasteiger partial charge in [0.15, 0.2) is 0 Å². The quantitative estimate of drug-likeness (QED) is 0.627. The molecule has 4 rings (SSSR count). The Balaban J connectivity index is 1.40. The van der Waals surface area contributed by atoms with Crippen molar-refractivity contribution >= 4 is 17.4 Å². The summed E-state index contributed by atoms with van der Waals surface area (Å²) in [6.45, 7) is 5.09. The van der Waals surface area contributed by atoms with E-state index in [1.165, 1.54) is 11.3 Å². The van der Waals surface area contributed by atoms with Gasteiger partial charge in [0.1, 0.15) is 12.6 Å². The topological polar surface area (TPSA) is 72.7 Å². The molecule has 1 saturated heterocycles. The van der Waals surface area contributed by atoms with Gasteiger partial charge in [0.05, 0.1) is 5.69 Å². The molecule has 0 spiro atoms. The molecule has 1 fully saturated rings. The van der Waals surface area contributed by atoms with Crippen LogP contribution < -0.4 is 10.2 Å². The zero-order valence-electron chi connectivity index (χ0n) is 17.2. The Morgan fingerprint density at radius 2 is 1.86 bits per heavy atom. The standard InChI is InChI=1S/C21H26N6OS/c1-14-6-5-7-15(2)19(14)27-21(23-24-25-27)29-13-18-12-22-20(28-18)16-8-10-17(11-9-16)26(3)4/h5-11,18,20,22H,12-13H2,1-4H3/p+1/t18-,20+/m0/s1. The van der Waals surface area contributed by atoms with Crippen molar-refractivity contribution in [1.82, 2.24) is 20.2 Å². The lowest BCUT2D eigenvalue weighted by molar-refractivity contribution is -0.697. The molecule has 152 valence electrons. The number of aryl methyl sites for hydroxylation is 2. The number of anilines is 1. The van der Waals surface area contributed by atoms with Gasteiger partial charge in [0.2, 0.25) is 11.4 Å². The first-order chi connectivity index (χ1) is 14.0. The van der Waals surface area contributed by atoms with Crippen LogP contribution in [0, 0.1) is 13.8 Å². The number of thioether (sulfide) groups is 1. The summed E-state index contributed by atoms with van der Waals surface area (Å²) in [5, 5.41) is 15.4. The normalized spacial score (nSPS) is 18.9. The van der Waals surface area contributed by atoms with Crippen molar-refractivity contribution in [1.29, 1.82) is 0 Å². The average Bonchev–Trinajstić information content (AvgIpc) is 3.36. The first-order valence-corrected chi connectivity index (χ1v) is 10.8. The smallest absolute Gasteiger partial charge is 0.217 e. The molecule has 29 heavy (non-hydrogen) atoms. The summed E-state index contributed by atoms with van der Waals surface area (Å²) in [5.41, 5.74) is 5.76. The van der Waals surface area contributed by atoms with Crippen LogP contribution in [0.2, 0.25) is 0 Å². The Hall–Kier alpha value is -2.42. The molecule has 7 nitrogen and oxygen atoms in total. The second-order valence-corrected chi connectivity index (χ2v) is 8.55. The average molecular weight is 412 g/mol. The van der Waals surface area contributed by atoms with Gasteiger partial charge in [-0.1, -0.05) is 30.0 Å². The van der Waals surface area contributed by atoms with Gasteiger partial charge in [-0.05, 0) is 59.7 Å². The minimum absolute atomic E-state index is 0.0476. The third kappa shape index (κ3) is 4.29. The maximum Gasteiger partial charge on any atom is 0.217 e. The Bertz CT molecular complexity index is 951. The highest BCUT2D eigenvalue weighted by Crippen LogP contribution is 2.26. The van der Waals surface area contributed by atoms with E-state index in [1.54, 1.807) is 11.8 Å². The SMILES string of the molecule is Cc1cccc(C)c1-n1nnnc1SC[C@@H]1C[NH2+][C@@H](c2ccc(N(C)C)cc2)O1. The first-order valence-electron chi connectivity index (χ1n) is 9.77. The van der Waals surface area contributed by atoms with Crippen LogP contribution in [0.1, 0.15) is 22.9 Å². The minimum Gasteiger partial charge on any atom is -0.378 e. The molecule has 0 amide bonds. The summed E-state index contributed by atoms with van der Waals surface area (Å²) in [5.74, 6) is 0.814. The Morgan fingerprint density at radius 1 is 1.14 bits per heavy atom. The number of benzene rings is 2. The van der Waals surface area contributed by atoms with Crippen LogP contribution in [0.15, 0.2) is 47.6 Å². The van der Waals surface area contributed by atoms with Gasteiger partial charge in [-0.15, -0.1) is 5.10 Å². The zero-order valence-corrected chi connectivity index (χ0v) is 18.1. The second kappa shape index (κ2) is 8.52. The molecule has 0 radical (unpaired) electrons. The number of aromatic nitrogens is 4. The highest BCUT2D eigenvalue weighted by atomic mass is 32.2. The number of tetrazole rings is 1. The van der Waals surface area contributed by atoms with Gasteiger partial charge in [0, 0.05) is 31.1 Å². The van der Waals surface area contributed by atoms with Gasteiger partial charge < -0.3 is 15.0 Å². The van der Waals surface area contributed by atoms with E-state index in [4.69, 9.17) is 4.74 Å². The van der Waals surface area contributed by atoms with Crippen LogP contribution >= 0.6 is 11.8 Å².